The number of rotatable bonds is 6. The van der Waals surface area contributed by atoms with Gasteiger partial charge >= 0.3 is 5.97 Å². The third kappa shape index (κ3) is 5.08. The Hall–Kier alpha value is -1.84. The summed E-state index contributed by atoms with van der Waals surface area (Å²) in [5, 5.41) is 11.7. The summed E-state index contributed by atoms with van der Waals surface area (Å²) in [6.45, 7) is 3.68. The Morgan fingerprint density at radius 1 is 1.26 bits per heavy atom. The summed E-state index contributed by atoms with van der Waals surface area (Å²) in [5.74, 6) is -3.26. The van der Waals surface area contributed by atoms with E-state index in [0.717, 1.165) is 0 Å². The second-order valence-electron chi connectivity index (χ2n) is 6.29. The third-order valence-electron chi connectivity index (χ3n) is 4.42. The highest BCUT2D eigenvalue weighted by Crippen LogP contribution is 2.33. The smallest absolute Gasteiger partial charge is 0.326 e. The van der Waals surface area contributed by atoms with E-state index >= 15 is 0 Å². The van der Waals surface area contributed by atoms with E-state index in [1.54, 1.807) is 18.2 Å². The monoisotopic (exact) mass is 321 g/mol. The van der Waals surface area contributed by atoms with Gasteiger partial charge in [0.2, 0.25) is 5.91 Å². The van der Waals surface area contributed by atoms with Crippen molar-refractivity contribution in [2.45, 2.75) is 51.9 Å². The molecular formula is C19H27NO3. The first-order valence-electron chi connectivity index (χ1n) is 10.0. The molecule has 0 aliphatic heterocycles. The molecule has 4 heteroatoms. The van der Waals surface area contributed by atoms with E-state index in [2.05, 4.69) is 5.32 Å². The maximum absolute atomic E-state index is 12.6. The van der Waals surface area contributed by atoms with E-state index in [1.807, 2.05) is 13.8 Å². The van der Waals surface area contributed by atoms with Gasteiger partial charge in [-0.05, 0) is 43.1 Å². The number of carbonyl (C=O) groups is 2. The molecule has 126 valence electrons. The predicted molar refractivity (Wildman–Crippen MR) is 90.0 cm³/mol. The summed E-state index contributed by atoms with van der Waals surface area (Å²) >= 11 is 0. The van der Waals surface area contributed by atoms with Crippen molar-refractivity contribution >= 4 is 11.9 Å². The summed E-state index contributed by atoms with van der Waals surface area (Å²) in [6, 6.07) is 4.75. The lowest BCUT2D eigenvalue weighted by molar-refractivity contribution is -0.142. The normalized spacial score (nSPS) is 27.6. The quantitative estimate of drug-likeness (QED) is 0.845. The highest BCUT2D eigenvalue weighted by atomic mass is 16.4. The highest BCUT2D eigenvalue weighted by molar-refractivity contribution is 5.85. The first-order valence-corrected chi connectivity index (χ1v) is 8.00. The molecule has 2 N–H and O–H groups in total. The lowest BCUT2D eigenvalue weighted by atomic mass is 9.76. The van der Waals surface area contributed by atoms with Gasteiger partial charge in [0, 0.05) is 16.4 Å². The lowest BCUT2D eigenvalue weighted by Gasteiger charge is -2.30. The molecule has 1 atom stereocenters. The standard InChI is InChI=1S/C19H27NO3/c1-13(2)15-8-10-16(11-9-15)18(21)20-17(19(22)23)12-14-6-4-3-5-7-14/h3-7,13,15-17H,8-12H2,1-2H3,(H,20,21)(H,22,23)/t15?,16?,17-/m0/s1/i12D2,13D,17D. The van der Waals surface area contributed by atoms with Gasteiger partial charge in [-0.2, -0.15) is 0 Å². The summed E-state index contributed by atoms with van der Waals surface area (Å²) in [6.07, 6.45) is -0.252. The van der Waals surface area contributed by atoms with Crippen molar-refractivity contribution in [1.82, 2.24) is 5.32 Å². The zero-order chi connectivity index (χ0) is 20.5. The van der Waals surface area contributed by atoms with Gasteiger partial charge in [-0.1, -0.05) is 44.2 Å². The molecule has 1 aromatic rings. The second-order valence-corrected chi connectivity index (χ2v) is 6.29. The molecule has 0 radical (unpaired) electrons. The zero-order valence-corrected chi connectivity index (χ0v) is 13.6. The summed E-state index contributed by atoms with van der Waals surface area (Å²) in [7, 11) is 0. The Morgan fingerprint density at radius 2 is 1.87 bits per heavy atom. The molecule has 1 aliphatic rings. The Kier molecular flexibility index (Phi) is 4.45. The van der Waals surface area contributed by atoms with Crippen molar-refractivity contribution in [3.63, 3.8) is 0 Å². The highest BCUT2D eigenvalue weighted by Gasteiger charge is 2.30. The fourth-order valence-corrected chi connectivity index (χ4v) is 2.96. The molecule has 0 aromatic heterocycles. The first kappa shape index (κ1) is 12.6. The number of carbonyl (C=O) groups excluding carboxylic acids is 1. The minimum atomic E-state index is -2.84. The fourth-order valence-electron chi connectivity index (χ4n) is 2.96. The van der Waals surface area contributed by atoms with Crippen molar-refractivity contribution in [1.29, 1.82) is 0 Å². The number of hydrogen-bond donors (Lipinski definition) is 2. The average molecular weight is 321 g/mol. The lowest BCUT2D eigenvalue weighted by Crippen LogP contribution is -2.45. The second kappa shape index (κ2) is 8.14. The van der Waals surface area contributed by atoms with Crippen molar-refractivity contribution in [3.8, 4) is 0 Å². The fraction of sp³-hybridized carbons (Fsp3) is 0.579. The Labute approximate surface area is 143 Å². The van der Waals surface area contributed by atoms with E-state index in [-0.39, 0.29) is 11.5 Å². The van der Waals surface area contributed by atoms with Gasteiger partial charge in [0.05, 0.1) is 1.37 Å². The molecule has 2 rings (SSSR count). The van der Waals surface area contributed by atoms with E-state index in [4.69, 9.17) is 5.48 Å². The number of carboxylic acid groups (broad SMARTS) is 1. The molecule has 23 heavy (non-hydrogen) atoms. The maximum atomic E-state index is 12.6. The summed E-state index contributed by atoms with van der Waals surface area (Å²) in [4.78, 5) is 24.4. The molecular weight excluding hydrogens is 290 g/mol. The Balaban J connectivity index is 2.17. The van der Waals surface area contributed by atoms with Crippen LogP contribution < -0.4 is 5.32 Å². The molecule has 4 nitrogen and oxygen atoms in total. The van der Waals surface area contributed by atoms with Gasteiger partial charge < -0.3 is 10.4 Å². The van der Waals surface area contributed by atoms with Gasteiger partial charge in [-0.15, -0.1) is 0 Å². The van der Waals surface area contributed by atoms with Crippen LogP contribution in [0.25, 0.3) is 0 Å². The van der Waals surface area contributed by atoms with Crippen LogP contribution in [0.2, 0.25) is 0 Å². The molecule has 0 bridgehead atoms. The minimum Gasteiger partial charge on any atom is -0.480 e. The molecule has 1 amide bonds. The van der Waals surface area contributed by atoms with Crippen LogP contribution in [0.5, 0.6) is 0 Å². The van der Waals surface area contributed by atoms with E-state index in [0.29, 0.717) is 25.7 Å². The van der Waals surface area contributed by atoms with Gasteiger partial charge in [0.25, 0.3) is 0 Å². The molecule has 1 saturated carbocycles. The largest absolute Gasteiger partial charge is 0.480 e. The van der Waals surface area contributed by atoms with E-state index in [1.165, 1.54) is 12.1 Å². The van der Waals surface area contributed by atoms with Crippen LogP contribution in [0.1, 0.15) is 50.6 Å². The van der Waals surface area contributed by atoms with Crippen LogP contribution in [0, 0.1) is 17.7 Å². The van der Waals surface area contributed by atoms with Crippen LogP contribution in [-0.2, 0) is 16.0 Å². The zero-order valence-electron chi connectivity index (χ0n) is 17.6. The van der Waals surface area contributed by atoms with Crippen LogP contribution in [-0.4, -0.2) is 23.0 Å². The number of benzene rings is 1. The van der Waals surface area contributed by atoms with Crippen LogP contribution in [0.4, 0.5) is 0 Å². The summed E-state index contributed by atoms with van der Waals surface area (Å²) < 4.78 is 32.8. The first-order chi connectivity index (χ1) is 12.4. The van der Waals surface area contributed by atoms with E-state index < -0.39 is 36.1 Å². The molecule has 0 heterocycles. The minimum absolute atomic E-state index is 0.0161. The number of amides is 1. The molecule has 1 fully saturated rings. The number of carboxylic acids is 1. The van der Waals surface area contributed by atoms with E-state index in [9.17, 15) is 14.7 Å². The van der Waals surface area contributed by atoms with Crippen molar-refractivity contribution in [2.75, 3.05) is 0 Å². The van der Waals surface area contributed by atoms with Gasteiger partial charge in [0.1, 0.15) is 6.02 Å². The number of nitrogens with one attached hydrogen (secondary N) is 1. The van der Waals surface area contributed by atoms with Gasteiger partial charge in [0.15, 0.2) is 0 Å². The van der Waals surface area contributed by atoms with Crippen molar-refractivity contribution < 1.29 is 20.2 Å². The van der Waals surface area contributed by atoms with Crippen LogP contribution >= 0.6 is 0 Å². The predicted octanol–water partition coefficient (Wildman–Crippen LogP) is 3.26. The van der Waals surface area contributed by atoms with Crippen LogP contribution in [0.3, 0.4) is 0 Å². The SMILES string of the molecule is [2H]C(C)(C)C1CCC(C(=O)N[C@]([2H])(C(=O)O)C([2H])([2H])c2ccccc2)CC1. The molecule has 1 aromatic carbocycles. The average Bonchev–Trinajstić information content (AvgIpc) is 2.61. The number of hydrogen-bond acceptors (Lipinski definition) is 2. The summed E-state index contributed by atoms with van der Waals surface area (Å²) in [5.41, 5.74) is 0.0161. The Morgan fingerprint density at radius 3 is 2.39 bits per heavy atom. The molecule has 0 spiro atoms. The molecule has 0 saturated heterocycles. The van der Waals surface area contributed by atoms with Crippen LogP contribution in [0.15, 0.2) is 30.3 Å². The van der Waals surface area contributed by atoms with Crippen molar-refractivity contribution in [2.24, 2.45) is 17.7 Å². The topological polar surface area (TPSA) is 66.4 Å². The van der Waals surface area contributed by atoms with Crippen molar-refractivity contribution in [3.05, 3.63) is 35.9 Å². The molecule has 1 aliphatic carbocycles. The maximum Gasteiger partial charge on any atom is 0.326 e. The molecule has 0 unspecified atom stereocenters. The third-order valence-corrected chi connectivity index (χ3v) is 4.42. The van der Waals surface area contributed by atoms with Gasteiger partial charge in [-0.3, -0.25) is 4.79 Å². The van der Waals surface area contributed by atoms with Gasteiger partial charge in [-0.25, -0.2) is 4.79 Å². The number of aliphatic carboxylic acids is 1. The Bertz CT molecular complexity index is 682.